The molecule has 4 nitrogen and oxygen atoms in total. The molecule has 0 aliphatic carbocycles. The van der Waals surface area contributed by atoms with Crippen molar-refractivity contribution in [2.45, 2.75) is 6.61 Å². The zero-order chi connectivity index (χ0) is 16.8. The summed E-state index contributed by atoms with van der Waals surface area (Å²) in [5, 5.41) is 5.09. The smallest absolute Gasteiger partial charge is 0.387 e. The van der Waals surface area contributed by atoms with Crippen LogP contribution in [0.1, 0.15) is 0 Å². The van der Waals surface area contributed by atoms with Gasteiger partial charge in [0.05, 0.1) is 17.3 Å². The van der Waals surface area contributed by atoms with Crippen molar-refractivity contribution in [2.75, 3.05) is 17.2 Å². The molecular formula is C15H12ClF3N2O2. The fourth-order valence-electron chi connectivity index (χ4n) is 1.74. The van der Waals surface area contributed by atoms with Crippen LogP contribution in [0.5, 0.6) is 5.75 Å². The molecule has 0 saturated carbocycles. The lowest BCUT2D eigenvalue weighted by Crippen LogP contribution is -2.22. The normalized spacial score (nSPS) is 10.5. The van der Waals surface area contributed by atoms with E-state index in [1.807, 2.05) is 0 Å². The van der Waals surface area contributed by atoms with Crippen molar-refractivity contribution in [3.8, 4) is 5.75 Å². The van der Waals surface area contributed by atoms with E-state index in [-0.39, 0.29) is 23.0 Å². The summed E-state index contributed by atoms with van der Waals surface area (Å²) in [5.74, 6) is -1.10. The number of hydrogen-bond acceptors (Lipinski definition) is 3. The monoisotopic (exact) mass is 344 g/mol. The van der Waals surface area contributed by atoms with Gasteiger partial charge in [0.15, 0.2) is 5.82 Å². The molecule has 2 aromatic carbocycles. The Kier molecular flexibility index (Phi) is 5.70. The van der Waals surface area contributed by atoms with E-state index < -0.39 is 18.3 Å². The second-order valence-electron chi connectivity index (χ2n) is 4.41. The van der Waals surface area contributed by atoms with E-state index in [0.717, 1.165) is 0 Å². The van der Waals surface area contributed by atoms with Crippen LogP contribution in [0.4, 0.5) is 24.5 Å². The molecule has 0 saturated heterocycles. The van der Waals surface area contributed by atoms with Gasteiger partial charge in [-0.2, -0.15) is 8.78 Å². The molecule has 0 bridgehead atoms. The number of benzene rings is 2. The molecule has 0 fully saturated rings. The van der Waals surface area contributed by atoms with Gasteiger partial charge in [0, 0.05) is 5.69 Å². The largest absolute Gasteiger partial charge is 0.435 e. The number of carbonyl (C=O) groups is 1. The van der Waals surface area contributed by atoms with Gasteiger partial charge < -0.3 is 15.4 Å². The third kappa shape index (κ3) is 5.07. The summed E-state index contributed by atoms with van der Waals surface area (Å²) in [4.78, 5) is 11.8. The van der Waals surface area contributed by atoms with Crippen molar-refractivity contribution in [2.24, 2.45) is 0 Å². The lowest BCUT2D eigenvalue weighted by atomic mass is 10.3. The molecule has 2 rings (SSSR count). The molecule has 8 heteroatoms. The first-order chi connectivity index (χ1) is 11.0. The van der Waals surface area contributed by atoms with Gasteiger partial charge in [-0.1, -0.05) is 17.7 Å². The van der Waals surface area contributed by atoms with E-state index in [4.69, 9.17) is 11.6 Å². The topological polar surface area (TPSA) is 50.4 Å². The van der Waals surface area contributed by atoms with Gasteiger partial charge in [-0.3, -0.25) is 4.79 Å². The Balaban J connectivity index is 1.88. The zero-order valence-electron chi connectivity index (χ0n) is 11.7. The van der Waals surface area contributed by atoms with Crippen molar-refractivity contribution in [1.29, 1.82) is 0 Å². The van der Waals surface area contributed by atoms with Crippen LogP contribution >= 0.6 is 11.6 Å². The molecule has 0 radical (unpaired) electrons. The van der Waals surface area contributed by atoms with Crippen molar-refractivity contribution >= 4 is 28.9 Å². The summed E-state index contributed by atoms with van der Waals surface area (Å²) >= 11 is 5.63. The fourth-order valence-corrected chi connectivity index (χ4v) is 1.92. The Morgan fingerprint density at radius 1 is 1.17 bits per heavy atom. The van der Waals surface area contributed by atoms with Gasteiger partial charge in [0.25, 0.3) is 0 Å². The molecule has 0 aliphatic rings. The van der Waals surface area contributed by atoms with E-state index in [1.165, 1.54) is 36.4 Å². The van der Waals surface area contributed by atoms with Crippen LogP contribution in [-0.2, 0) is 4.79 Å². The van der Waals surface area contributed by atoms with Crippen molar-refractivity contribution in [1.82, 2.24) is 0 Å². The Hall–Kier alpha value is -2.41. The second-order valence-corrected chi connectivity index (χ2v) is 4.81. The van der Waals surface area contributed by atoms with Crippen LogP contribution in [0.15, 0.2) is 42.5 Å². The molecule has 0 unspecified atom stereocenters. The maximum absolute atomic E-state index is 13.6. The first-order valence-corrected chi connectivity index (χ1v) is 6.86. The van der Waals surface area contributed by atoms with E-state index >= 15 is 0 Å². The highest BCUT2D eigenvalue weighted by molar-refractivity contribution is 6.31. The number of alkyl halides is 2. The number of halogens is 4. The molecule has 2 aromatic rings. The van der Waals surface area contributed by atoms with Crippen LogP contribution in [0, 0.1) is 5.82 Å². The number of ether oxygens (including phenoxy) is 1. The van der Waals surface area contributed by atoms with Gasteiger partial charge in [-0.15, -0.1) is 0 Å². The van der Waals surface area contributed by atoms with Gasteiger partial charge in [0.1, 0.15) is 5.75 Å². The Bertz CT molecular complexity index is 681. The third-order valence-electron chi connectivity index (χ3n) is 2.75. The first kappa shape index (κ1) is 17.0. The van der Waals surface area contributed by atoms with Crippen LogP contribution in [0.3, 0.4) is 0 Å². The maximum atomic E-state index is 13.6. The average molecular weight is 345 g/mol. The van der Waals surface area contributed by atoms with Gasteiger partial charge >= 0.3 is 6.61 Å². The van der Waals surface area contributed by atoms with Crippen LogP contribution in [-0.4, -0.2) is 19.1 Å². The highest BCUT2D eigenvalue weighted by Crippen LogP contribution is 2.22. The third-order valence-corrected chi connectivity index (χ3v) is 3.05. The quantitative estimate of drug-likeness (QED) is 0.828. The first-order valence-electron chi connectivity index (χ1n) is 6.48. The summed E-state index contributed by atoms with van der Waals surface area (Å²) in [5.41, 5.74) is 0.498. The predicted molar refractivity (Wildman–Crippen MR) is 81.6 cm³/mol. The number of hydrogen-bond donors (Lipinski definition) is 2. The molecule has 0 spiro atoms. The van der Waals surface area contributed by atoms with E-state index in [9.17, 15) is 18.0 Å². The van der Waals surface area contributed by atoms with Crippen molar-refractivity contribution in [3.05, 3.63) is 53.3 Å². The van der Waals surface area contributed by atoms with Gasteiger partial charge in [-0.05, 0) is 36.4 Å². The maximum Gasteiger partial charge on any atom is 0.387 e. The molecule has 0 atom stereocenters. The van der Waals surface area contributed by atoms with Gasteiger partial charge in [0.2, 0.25) is 5.91 Å². The van der Waals surface area contributed by atoms with Gasteiger partial charge in [-0.25, -0.2) is 4.39 Å². The molecule has 23 heavy (non-hydrogen) atoms. The molecule has 122 valence electrons. The molecule has 2 N–H and O–H groups in total. The lowest BCUT2D eigenvalue weighted by Gasteiger charge is -2.10. The number of rotatable bonds is 6. The summed E-state index contributed by atoms with van der Waals surface area (Å²) in [6.07, 6.45) is 0. The Morgan fingerprint density at radius 3 is 2.52 bits per heavy atom. The lowest BCUT2D eigenvalue weighted by molar-refractivity contribution is -0.114. The highest BCUT2D eigenvalue weighted by Gasteiger charge is 2.08. The van der Waals surface area contributed by atoms with Crippen molar-refractivity contribution < 1.29 is 22.7 Å². The minimum absolute atomic E-state index is 0.0166. The van der Waals surface area contributed by atoms with Crippen LogP contribution < -0.4 is 15.4 Å². The molecular weight excluding hydrogens is 333 g/mol. The second kappa shape index (κ2) is 7.73. The summed E-state index contributed by atoms with van der Waals surface area (Å²) in [6, 6.07) is 9.81. The number of anilines is 2. The number of nitrogens with one attached hydrogen (secondary N) is 2. The minimum Gasteiger partial charge on any atom is -0.435 e. The Labute approximate surface area is 135 Å². The summed E-state index contributed by atoms with van der Waals surface area (Å²) in [7, 11) is 0. The standard InChI is InChI=1S/C15H12ClF3N2O2/c16-11-2-1-3-12(14(11)17)20-8-13(22)21-9-4-6-10(7-5-9)23-15(18)19/h1-7,15,20H,8H2,(H,21,22). The molecule has 0 aliphatic heterocycles. The van der Waals surface area contributed by atoms with Crippen LogP contribution in [0.25, 0.3) is 0 Å². The SMILES string of the molecule is O=C(CNc1cccc(Cl)c1F)Nc1ccc(OC(F)F)cc1. The predicted octanol–water partition coefficient (Wildman–Crippen LogP) is 4.13. The van der Waals surface area contributed by atoms with E-state index in [1.54, 1.807) is 6.07 Å². The zero-order valence-corrected chi connectivity index (χ0v) is 12.4. The van der Waals surface area contributed by atoms with Crippen LogP contribution in [0.2, 0.25) is 5.02 Å². The Morgan fingerprint density at radius 2 is 1.87 bits per heavy atom. The summed E-state index contributed by atoms with van der Waals surface area (Å²) < 4.78 is 41.8. The van der Waals surface area contributed by atoms with E-state index in [2.05, 4.69) is 15.4 Å². The van der Waals surface area contributed by atoms with Crippen molar-refractivity contribution in [3.63, 3.8) is 0 Å². The van der Waals surface area contributed by atoms with E-state index in [0.29, 0.717) is 5.69 Å². The minimum atomic E-state index is -2.91. The fraction of sp³-hybridized carbons (Fsp3) is 0.133. The molecule has 0 aromatic heterocycles. The number of carbonyl (C=O) groups excluding carboxylic acids is 1. The highest BCUT2D eigenvalue weighted by atomic mass is 35.5. The average Bonchev–Trinajstić information content (AvgIpc) is 2.50. The summed E-state index contributed by atoms with van der Waals surface area (Å²) in [6.45, 7) is -3.10. The molecule has 1 amide bonds. The number of amides is 1. The molecule has 0 heterocycles.